The van der Waals surface area contributed by atoms with Crippen molar-refractivity contribution in [2.24, 2.45) is 0 Å². The highest BCUT2D eigenvalue weighted by atomic mass is 79.9. The molecule has 4 aromatic rings. The van der Waals surface area contributed by atoms with Crippen LogP contribution in [0.5, 0.6) is 5.75 Å². The van der Waals surface area contributed by atoms with Crippen LogP contribution in [0, 0.1) is 0 Å². The number of H-pyrrole nitrogens is 1. The molecule has 8 nitrogen and oxygen atoms in total. The summed E-state index contributed by atoms with van der Waals surface area (Å²) in [6.07, 6.45) is 1.67. The Morgan fingerprint density at radius 3 is 2.67 bits per heavy atom. The van der Waals surface area contributed by atoms with Gasteiger partial charge in [0, 0.05) is 22.6 Å². The summed E-state index contributed by atoms with van der Waals surface area (Å²) in [5, 5.41) is 0. The molecule has 0 spiro atoms. The van der Waals surface area contributed by atoms with Gasteiger partial charge in [0.05, 0.1) is 34.4 Å². The highest BCUT2D eigenvalue weighted by Crippen LogP contribution is 2.31. The molecule has 0 aliphatic carbocycles. The maximum atomic E-state index is 13.5. The molecule has 0 saturated heterocycles. The van der Waals surface area contributed by atoms with E-state index in [-0.39, 0.29) is 16.8 Å². The van der Waals surface area contributed by atoms with Crippen molar-refractivity contribution < 1.29 is 17.9 Å². The second-order valence-corrected chi connectivity index (χ2v) is 11.5. The van der Waals surface area contributed by atoms with Crippen LogP contribution in [0.2, 0.25) is 0 Å². The zero-order valence-electron chi connectivity index (χ0n) is 19.8. The normalized spacial score (nSPS) is 13.9. The van der Waals surface area contributed by atoms with Crippen LogP contribution < -0.4 is 9.46 Å². The number of ether oxygens (including phenoxy) is 1. The van der Waals surface area contributed by atoms with E-state index in [0.717, 1.165) is 33.5 Å². The fourth-order valence-corrected chi connectivity index (χ4v) is 6.22. The minimum atomic E-state index is -3.67. The van der Waals surface area contributed by atoms with E-state index in [1.807, 2.05) is 36.4 Å². The maximum Gasteiger partial charge on any atom is 0.255 e. The summed E-state index contributed by atoms with van der Waals surface area (Å²) < 4.78 is 33.9. The number of rotatable bonds is 5. The number of benzene rings is 3. The van der Waals surface area contributed by atoms with Gasteiger partial charge in [-0.25, -0.2) is 18.1 Å². The van der Waals surface area contributed by atoms with E-state index in [2.05, 4.69) is 30.6 Å². The van der Waals surface area contributed by atoms with Gasteiger partial charge in [0.2, 0.25) is 10.0 Å². The molecule has 0 radical (unpaired) electrons. The highest BCUT2D eigenvalue weighted by molar-refractivity contribution is 9.10. The van der Waals surface area contributed by atoms with Gasteiger partial charge in [-0.15, -0.1) is 0 Å². The molecule has 3 aromatic carbocycles. The third kappa shape index (κ3) is 4.88. The van der Waals surface area contributed by atoms with Crippen LogP contribution in [0.4, 0.5) is 0 Å². The van der Waals surface area contributed by atoms with Gasteiger partial charge in [-0.2, -0.15) is 0 Å². The smallest absolute Gasteiger partial charge is 0.255 e. The van der Waals surface area contributed by atoms with Crippen molar-refractivity contribution >= 4 is 42.9 Å². The molecule has 1 aromatic heterocycles. The summed E-state index contributed by atoms with van der Waals surface area (Å²) in [6, 6.07) is 16.2. The first kappa shape index (κ1) is 24.5. The monoisotopic (exact) mass is 568 g/mol. The summed E-state index contributed by atoms with van der Waals surface area (Å²) in [4.78, 5) is 22.7. The quantitative estimate of drug-likeness (QED) is 0.362. The lowest BCUT2D eigenvalue weighted by Gasteiger charge is -2.21. The topological polar surface area (TPSA) is 104 Å². The Morgan fingerprint density at radius 1 is 1.11 bits per heavy atom. The van der Waals surface area contributed by atoms with Crippen molar-refractivity contribution in [2.75, 3.05) is 13.2 Å². The molecule has 36 heavy (non-hydrogen) atoms. The van der Waals surface area contributed by atoms with E-state index in [1.165, 1.54) is 12.1 Å². The third-order valence-electron chi connectivity index (χ3n) is 5.95. The Morgan fingerprint density at radius 2 is 1.89 bits per heavy atom. The number of imidazole rings is 1. The fraction of sp³-hybridized carbons (Fsp3) is 0.231. The average Bonchev–Trinajstić information content (AvgIpc) is 3.20. The summed E-state index contributed by atoms with van der Waals surface area (Å²) >= 11 is 3.40. The SMILES string of the molecule is CC(C)NS(=O)(=O)c1ccc(C(=O)N2CCOc3ccc(-c4ccc5nc[nH]c5c4)cc3C2)c(Br)c1. The number of aromatic amines is 1. The number of hydrogen-bond donors (Lipinski definition) is 2. The number of sulfonamides is 1. The van der Waals surface area contributed by atoms with Crippen LogP contribution in [0.3, 0.4) is 0 Å². The van der Waals surface area contributed by atoms with Crippen molar-refractivity contribution in [2.45, 2.75) is 31.3 Å². The Hall–Kier alpha value is -3.21. The molecule has 1 amide bonds. The van der Waals surface area contributed by atoms with Crippen molar-refractivity contribution in [1.82, 2.24) is 19.6 Å². The lowest BCUT2D eigenvalue weighted by molar-refractivity contribution is 0.0732. The van der Waals surface area contributed by atoms with Gasteiger partial charge < -0.3 is 14.6 Å². The molecule has 0 bridgehead atoms. The van der Waals surface area contributed by atoms with Gasteiger partial charge in [-0.3, -0.25) is 4.79 Å². The summed E-state index contributed by atoms with van der Waals surface area (Å²) in [7, 11) is -3.67. The number of aromatic nitrogens is 2. The molecule has 0 saturated carbocycles. The first-order chi connectivity index (χ1) is 17.2. The fourth-order valence-electron chi connectivity index (χ4n) is 4.25. The van der Waals surface area contributed by atoms with Crippen LogP contribution in [0.15, 0.2) is 70.3 Å². The molecule has 0 unspecified atom stereocenters. The van der Waals surface area contributed by atoms with Crippen molar-refractivity contribution in [3.63, 3.8) is 0 Å². The molecule has 10 heteroatoms. The number of amides is 1. The predicted octanol–water partition coefficient (Wildman–Crippen LogP) is 4.71. The van der Waals surface area contributed by atoms with Crippen LogP contribution >= 0.6 is 15.9 Å². The van der Waals surface area contributed by atoms with Gasteiger partial charge >= 0.3 is 0 Å². The number of hydrogen-bond acceptors (Lipinski definition) is 5. The number of halogens is 1. The van der Waals surface area contributed by atoms with Crippen molar-refractivity contribution in [3.8, 4) is 16.9 Å². The highest BCUT2D eigenvalue weighted by Gasteiger charge is 2.25. The molecule has 2 heterocycles. The first-order valence-corrected chi connectivity index (χ1v) is 13.8. The second-order valence-electron chi connectivity index (χ2n) is 8.95. The standard InChI is InChI=1S/C26H25BrN4O4S/c1-16(2)30-36(33,34)20-5-6-21(22(27)13-20)26(32)31-9-10-35-25-8-4-17(11-19(25)14-31)18-3-7-23-24(12-18)29-15-28-23/h3-8,11-13,15-16,30H,9-10,14H2,1-2H3,(H,28,29). The molecule has 186 valence electrons. The zero-order valence-corrected chi connectivity index (χ0v) is 22.2. The van der Waals surface area contributed by atoms with E-state index >= 15 is 0 Å². The van der Waals surface area contributed by atoms with Gasteiger partial charge in [0.1, 0.15) is 12.4 Å². The lowest BCUT2D eigenvalue weighted by Crippen LogP contribution is -2.33. The molecular formula is C26H25BrN4O4S. The average molecular weight is 569 g/mol. The molecule has 0 fully saturated rings. The van der Waals surface area contributed by atoms with Crippen LogP contribution in [-0.2, 0) is 16.6 Å². The number of carbonyl (C=O) groups excluding carboxylic acids is 1. The maximum absolute atomic E-state index is 13.5. The number of fused-ring (bicyclic) bond motifs is 2. The summed E-state index contributed by atoms with van der Waals surface area (Å²) in [6.45, 7) is 4.65. The summed E-state index contributed by atoms with van der Waals surface area (Å²) in [5.74, 6) is 0.542. The molecule has 5 rings (SSSR count). The van der Waals surface area contributed by atoms with E-state index in [1.54, 1.807) is 31.1 Å². The van der Waals surface area contributed by atoms with Gasteiger partial charge in [0.25, 0.3) is 5.91 Å². The van der Waals surface area contributed by atoms with Gasteiger partial charge in [-0.1, -0.05) is 12.1 Å². The molecular weight excluding hydrogens is 544 g/mol. The van der Waals surface area contributed by atoms with E-state index < -0.39 is 10.0 Å². The Balaban J connectivity index is 1.41. The first-order valence-electron chi connectivity index (χ1n) is 11.5. The number of carbonyl (C=O) groups is 1. The van der Waals surface area contributed by atoms with E-state index in [9.17, 15) is 13.2 Å². The van der Waals surface area contributed by atoms with Crippen LogP contribution in [-0.4, -0.2) is 48.4 Å². The van der Waals surface area contributed by atoms with Crippen molar-refractivity contribution in [1.29, 1.82) is 0 Å². The van der Waals surface area contributed by atoms with Crippen molar-refractivity contribution in [3.05, 3.63) is 76.5 Å². The Labute approximate surface area is 217 Å². The number of nitrogens with one attached hydrogen (secondary N) is 2. The lowest BCUT2D eigenvalue weighted by atomic mass is 10.0. The zero-order chi connectivity index (χ0) is 25.4. The van der Waals surface area contributed by atoms with Gasteiger partial charge in [0.15, 0.2) is 0 Å². The van der Waals surface area contributed by atoms with Crippen LogP contribution in [0.25, 0.3) is 22.2 Å². The molecule has 2 N–H and O–H groups in total. The van der Waals surface area contributed by atoms with E-state index in [4.69, 9.17) is 4.74 Å². The minimum absolute atomic E-state index is 0.100. The Kier molecular flexibility index (Phi) is 6.59. The summed E-state index contributed by atoms with van der Waals surface area (Å²) in [5.41, 5.74) is 5.19. The van der Waals surface area contributed by atoms with Crippen LogP contribution in [0.1, 0.15) is 29.8 Å². The third-order valence-corrected chi connectivity index (χ3v) is 8.27. The predicted molar refractivity (Wildman–Crippen MR) is 141 cm³/mol. The minimum Gasteiger partial charge on any atom is -0.491 e. The molecule has 0 atom stereocenters. The largest absolute Gasteiger partial charge is 0.491 e. The Bertz CT molecular complexity index is 1570. The second kappa shape index (κ2) is 9.68. The molecule has 1 aliphatic heterocycles. The number of nitrogens with zero attached hydrogens (tertiary/aromatic N) is 2. The molecule has 1 aliphatic rings. The van der Waals surface area contributed by atoms with Gasteiger partial charge in [-0.05, 0) is 83.4 Å². The van der Waals surface area contributed by atoms with E-state index in [0.29, 0.717) is 29.7 Å².